The molecule has 0 radical (unpaired) electrons. The summed E-state index contributed by atoms with van der Waals surface area (Å²) in [7, 11) is -3.67. The van der Waals surface area contributed by atoms with E-state index in [4.69, 9.17) is 5.26 Å². The largest absolute Gasteiger partial charge is 0.241 e. The van der Waals surface area contributed by atoms with E-state index in [9.17, 15) is 8.42 Å². The second kappa shape index (κ2) is 6.15. The molecule has 0 spiro atoms. The zero-order valence-electron chi connectivity index (χ0n) is 12.8. The summed E-state index contributed by atoms with van der Waals surface area (Å²) in [6.45, 7) is 2.13. The van der Waals surface area contributed by atoms with Crippen LogP contribution in [0.3, 0.4) is 0 Å². The first kappa shape index (κ1) is 15.7. The van der Waals surface area contributed by atoms with Crippen LogP contribution in [0.4, 0.5) is 0 Å². The van der Waals surface area contributed by atoms with Crippen molar-refractivity contribution in [2.24, 2.45) is 11.8 Å². The fourth-order valence-electron chi connectivity index (χ4n) is 2.85. The van der Waals surface area contributed by atoms with E-state index in [0.29, 0.717) is 17.4 Å². The number of hydrogen-bond acceptors (Lipinski definition) is 3. The average molecular weight is 326 g/mol. The van der Waals surface area contributed by atoms with E-state index in [-0.39, 0.29) is 10.9 Å². The number of nitriles is 1. The maximum absolute atomic E-state index is 12.7. The third kappa shape index (κ3) is 3.44. The fraction of sp³-hybridized carbons (Fsp3) is 0.278. The van der Waals surface area contributed by atoms with Crippen molar-refractivity contribution in [3.8, 4) is 6.07 Å². The SMILES string of the molecule is CC1CC1C(NS(=O)(=O)c1cccc(C#N)c1)c1ccccc1. The van der Waals surface area contributed by atoms with Gasteiger partial charge in [0.05, 0.1) is 22.6 Å². The van der Waals surface area contributed by atoms with Crippen LogP contribution in [-0.2, 0) is 10.0 Å². The van der Waals surface area contributed by atoms with Gasteiger partial charge in [0.15, 0.2) is 0 Å². The molecule has 23 heavy (non-hydrogen) atoms. The van der Waals surface area contributed by atoms with Crippen molar-refractivity contribution in [2.45, 2.75) is 24.3 Å². The van der Waals surface area contributed by atoms with E-state index in [1.165, 1.54) is 12.1 Å². The summed E-state index contributed by atoms with van der Waals surface area (Å²) in [5.74, 6) is 0.819. The predicted octanol–water partition coefficient (Wildman–Crippen LogP) is 3.23. The standard InChI is InChI=1S/C18H18N2O2S/c1-13-10-17(13)18(15-7-3-2-4-8-15)20-23(21,22)16-9-5-6-14(11-16)12-19/h2-9,11,13,17-18,20H,10H2,1H3. The van der Waals surface area contributed by atoms with Crippen molar-refractivity contribution in [2.75, 3.05) is 0 Å². The van der Waals surface area contributed by atoms with Crippen LogP contribution in [0.2, 0.25) is 0 Å². The molecule has 1 N–H and O–H groups in total. The first-order valence-electron chi connectivity index (χ1n) is 7.59. The lowest BCUT2D eigenvalue weighted by Crippen LogP contribution is -2.30. The Hall–Kier alpha value is -2.16. The molecule has 1 aliphatic carbocycles. The summed E-state index contributed by atoms with van der Waals surface area (Å²) in [6.07, 6.45) is 1.01. The molecule has 3 unspecified atom stereocenters. The average Bonchev–Trinajstić information content (AvgIpc) is 3.30. The molecule has 1 fully saturated rings. The smallest absolute Gasteiger partial charge is 0.207 e. The van der Waals surface area contributed by atoms with E-state index in [1.807, 2.05) is 36.4 Å². The quantitative estimate of drug-likeness (QED) is 0.917. The summed E-state index contributed by atoms with van der Waals surface area (Å²) >= 11 is 0. The molecule has 1 saturated carbocycles. The van der Waals surface area contributed by atoms with Crippen LogP contribution in [0, 0.1) is 23.2 Å². The number of nitrogens with one attached hydrogen (secondary N) is 1. The lowest BCUT2D eigenvalue weighted by molar-refractivity contribution is 0.513. The van der Waals surface area contributed by atoms with E-state index >= 15 is 0 Å². The molecule has 3 rings (SSSR count). The highest BCUT2D eigenvalue weighted by Crippen LogP contribution is 2.47. The molecule has 2 aromatic carbocycles. The Morgan fingerprint density at radius 2 is 1.87 bits per heavy atom. The molecule has 4 nitrogen and oxygen atoms in total. The van der Waals surface area contributed by atoms with Gasteiger partial charge in [0.25, 0.3) is 0 Å². The van der Waals surface area contributed by atoms with Gasteiger partial charge in [-0.25, -0.2) is 13.1 Å². The van der Waals surface area contributed by atoms with Gasteiger partial charge >= 0.3 is 0 Å². The van der Waals surface area contributed by atoms with Crippen LogP contribution < -0.4 is 4.72 Å². The second-order valence-corrected chi connectivity index (χ2v) is 7.74. The first-order valence-corrected chi connectivity index (χ1v) is 9.07. The van der Waals surface area contributed by atoms with E-state index in [1.54, 1.807) is 12.1 Å². The first-order chi connectivity index (χ1) is 11.0. The lowest BCUT2D eigenvalue weighted by atomic mass is 10.0. The van der Waals surface area contributed by atoms with Crippen LogP contribution in [0.25, 0.3) is 0 Å². The number of rotatable bonds is 5. The van der Waals surface area contributed by atoms with Gasteiger partial charge in [-0.2, -0.15) is 5.26 Å². The fourth-order valence-corrected chi connectivity index (χ4v) is 4.17. The van der Waals surface area contributed by atoms with Gasteiger partial charge in [0.1, 0.15) is 0 Å². The second-order valence-electron chi connectivity index (χ2n) is 6.03. The minimum absolute atomic E-state index is 0.130. The van der Waals surface area contributed by atoms with Gasteiger partial charge < -0.3 is 0 Å². The Kier molecular flexibility index (Phi) is 4.20. The van der Waals surface area contributed by atoms with Gasteiger partial charge in [0, 0.05) is 0 Å². The number of benzene rings is 2. The highest BCUT2D eigenvalue weighted by molar-refractivity contribution is 7.89. The molecular formula is C18H18N2O2S. The van der Waals surface area contributed by atoms with Crippen molar-refractivity contribution in [3.05, 3.63) is 65.7 Å². The van der Waals surface area contributed by atoms with Crippen LogP contribution in [0.15, 0.2) is 59.5 Å². The van der Waals surface area contributed by atoms with Gasteiger partial charge in [-0.1, -0.05) is 43.3 Å². The van der Waals surface area contributed by atoms with Gasteiger partial charge in [-0.15, -0.1) is 0 Å². The Balaban J connectivity index is 1.91. The molecule has 2 aromatic rings. The van der Waals surface area contributed by atoms with Crippen LogP contribution in [0.5, 0.6) is 0 Å². The van der Waals surface area contributed by atoms with Crippen molar-refractivity contribution in [3.63, 3.8) is 0 Å². The molecule has 3 atom stereocenters. The molecule has 5 heteroatoms. The van der Waals surface area contributed by atoms with Crippen LogP contribution in [-0.4, -0.2) is 8.42 Å². The lowest BCUT2D eigenvalue weighted by Gasteiger charge is -2.19. The summed E-state index contributed by atoms with van der Waals surface area (Å²) < 4.78 is 28.2. The normalized spacial score (nSPS) is 21.4. The maximum Gasteiger partial charge on any atom is 0.241 e. The number of sulfonamides is 1. The third-order valence-corrected chi connectivity index (χ3v) is 5.75. The molecule has 0 aromatic heterocycles. The topological polar surface area (TPSA) is 70.0 Å². The molecule has 0 bridgehead atoms. The molecule has 0 saturated heterocycles. The van der Waals surface area contributed by atoms with Crippen molar-refractivity contribution < 1.29 is 8.42 Å². The summed E-state index contributed by atoms with van der Waals surface area (Å²) in [6, 6.07) is 17.5. The summed E-state index contributed by atoms with van der Waals surface area (Å²) in [4.78, 5) is 0.130. The Bertz CT molecular complexity index is 841. The van der Waals surface area contributed by atoms with Gasteiger partial charge in [-0.3, -0.25) is 0 Å². The van der Waals surface area contributed by atoms with Crippen molar-refractivity contribution in [1.29, 1.82) is 5.26 Å². The van der Waals surface area contributed by atoms with Gasteiger partial charge in [-0.05, 0) is 42.0 Å². The predicted molar refractivity (Wildman–Crippen MR) is 87.9 cm³/mol. The minimum atomic E-state index is -3.67. The van der Waals surface area contributed by atoms with Crippen LogP contribution >= 0.6 is 0 Å². The molecule has 0 amide bonds. The Morgan fingerprint density at radius 1 is 1.17 bits per heavy atom. The van der Waals surface area contributed by atoms with E-state index in [0.717, 1.165) is 12.0 Å². The molecule has 0 heterocycles. The monoisotopic (exact) mass is 326 g/mol. The number of hydrogen-bond donors (Lipinski definition) is 1. The molecule has 1 aliphatic rings. The molecule has 118 valence electrons. The minimum Gasteiger partial charge on any atom is -0.207 e. The Labute approximate surface area is 136 Å². The zero-order valence-corrected chi connectivity index (χ0v) is 13.6. The molecule has 0 aliphatic heterocycles. The maximum atomic E-state index is 12.7. The summed E-state index contributed by atoms with van der Waals surface area (Å²) in [5, 5.41) is 8.96. The van der Waals surface area contributed by atoms with Gasteiger partial charge in [0.2, 0.25) is 10.0 Å². The summed E-state index contributed by atoms with van der Waals surface area (Å²) in [5.41, 5.74) is 1.31. The van der Waals surface area contributed by atoms with Crippen LogP contribution in [0.1, 0.15) is 30.5 Å². The van der Waals surface area contributed by atoms with E-state index in [2.05, 4.69) is 11.6 Å². The highest BCUT2D eigenvalue weighted by atomic mass is 32.2. The Morgan fingerprint density at radius 3 is 2.48 bits per heavy atom. The highest BCUT2D eigenvalue weighted by Gasteiger charge is 2.42. The number of nitrogens with zero attached hydrogens (tertiary/aromatic N) is 1. The molecular weight excluding hydrogens is 308 g/mol. The van der Waals surface area contributed by atoms with Crippen molar-refractivity contribution in [1.82, 2.24) is 4.72 Å². The third-order valence-electron chi connectivity index (χ3n) is 4.31. The van der Waals surface area contributed by atoms with Crippen molar-refractivity contribution >= 4 is 10.0 Å². The van der Waals surface area contributed by atoms with E-state index < -0.39 is 10.0 Å². The zero-order chi connectivity index (χ0) is 16.4.